The molecule has 0 amide bonds. The van der Waals surface area contributed by atoms with Crippen molar-refractivity contribution in [2.75, 3.05) is 31.0 Å². The number of hydrogen-bond donors (Lipinski definition) is 3. The summed E-state index contributed by atoms with van der Waals surface area (Å²) in [7, 11) is 2.41. The molecular formula is C25H24N4O5. The molecule has 0 saturated heterocycles. The highest BCUT2D eigenvalue weighted by atomic mass is 16.5. The van der Waals surface area contributed by atoms with E-state index < -0.39 is 17.9 Å². The summed E-state index contributed by atoms with van der Waals surface area (Å²) in [4.78, 5) is 27.7. The molecule has 1 atom stereocenters. The molecule has 2 aliphatic heterocycles. The Labute approximate surface area is 196 Å². The highest BCUT2D eigenvalue weighted by Crippen LogP contribution is 2.46. The van der Waals surface area contributed by atoms with Crippen LogP contribution in [0.2, 0.25) is 0 Å². The molecule has 0 aliphatic carbocycles. The van der Waals surface area contributed by atoms with Gasteiger partial charge < -0.3 is 25.6 Å². The standard InChI is InChI=1S/C25H24N4O5/c1-33-24(31)20-19(14-7-4-3-5-8-14)16(13-26)23(27)29(22(20)25(32)34-2)17-10-11-18(30)21-15(17)9-6-12-28-21/h3-5,7-8,10-11,19,28,30H,6,9,12,27H2,1-2H3. The van der Waals surface area contributed by atoms with Gasteiger partial charge in [0.15, 0.2) is 0 Å². The largest absolute Gasteiger partial charge is 0.506 e. The number of aromatic hydroxyl groups is 1. The van der Waals surface area contributed by atoms with Gasteiger partial charge in [-0.15, -0.1) is 0 Å². The molecule has 4 rings (SSSR count). The van der Waals surface area contributed by atoms with E-state index in [9.17, 15) is 20.0 Å². The molecule has 1 unspecified atom stereocenters. The van der Waals surface area contributed by atoms with Gasteiger partial charge in [0.25, 0.3) is 0 Å². The Hall–Kier alpha value is -4.45. The normalized spacial score (nSPS) is 17.4. The number of nitrogens with two attached hydrogens (primary N) is 1. The smallest absolute Gasteiger partial charge is 0.355 e. The maximum Gasteiger partial charge on any atom is 0.355 e. The van der Waals surface area contributed by atoms with E-state index in [-0.39, 0.29) is 28.4 Å². The predicted octanol–water partition coefficient (Wildman–Crippen LogP) is 2.65. The van der Waals surface area contributed by atoms with Crippen molar-refractivity contribution in [2.45, 2.75) is 18.8 Å². The van der Waals surface area contributed by atoms with E-state index in [1.807, 2.05) is 0 Å². The summed E-state index contributed by atoms with van der Waals surface area (Å²) in [5.41, 5.74) is 8.72. The van der Waals surface area contributed by atoms with Gasteiger partial charge in [0.05, 0.1) is 48.7 Å². The van der Waals surface area contributed by atoms with E-state index in [4.69, 9.17) is 15.2 Å². The Morgan fingerprint density at radius 2 is 1.85 bits per heavy atom. The molecule has 0 radical (unpaired) electrons. The minimum Gasteiger partial charge on any atom is -0.506 e. The van der Waals surface area contributed by atoms with E-state index in [0.717, 1.165) is 6.42 Å². The predicted molar refractivity (Wildman–Crippen MR) is 124 cm³/mol. The lowest BCUT2D eigenvalue weighted by Gasteiger charge is -2.37. The third kappa shape index (κ3) is 3.59. The topological polar surface area (TPSA) is 138 Å². The van der Waals surface area contributed by atoms with Crippen molar-refractivity contribution in [1.82, 2.24) is 0 Å². The minimum absolute atomic E-state index is 0.0112. The molecule has 2 aliphatic rings. The Bertz CT molecular complexity index is 1260. The van der Waals surface area contributed by atoms with E-state index in [2.05, 4.69) is 11.4 Å². The Balaban J connectivity index is 2.08. The Kier molecular flexibility index (Phi) is 6.15. The lowest BCUT2D eigenvalue weighted by Crippen LogP contribution is -2.41. The molecule has 4 N–H and O–H groups in total. The summed E-state index contributed by atoms with van der Waals surface area (Å²) < 4.78 is 10.1. The molecular weight excluding hydrogens is 436 g/mol. The van der Waals surface area contributed by atoms with Gasteiger partial charge in [0, 0.05) is 12.1 Å². The average molecular weight is 460 g/mol. The molecule has 0 bridgehead atoms. The van der Waals surface area contributed by atoms with Crippen LogP contribution in [0.25, 0.3) is 0 Å². The maximum atomic E-state index is 13.2. The number of nitrogens with one attached hydrogen (secondary N) is 1. The second-order valence-corrected chi connectivity index (χ2v) is 7.82. The van der Waals surface area contributed by atoms with Gasteiger partial charge in [-0.3, -0.25) is 4.90 Å². The third-order valence-electron chi connectivity index (χ3n) is 6.02. The number of esters is 2. The second-order valence-electron chi connectivity index (χ2n) is 7.82. The number of rotatable bonds is 4. The summed E-state index contributed by atoms with van der Waals surface area (Å²) in [6, 6.07) is 14.0. The van der Waals surface area contributed by atoms with Crippen LogP contribution in [0.5, 0.6) is 5.75 Å². The number of benzene rings is 2. The highest BCUT2D eigenvalue weighted by Gasteiger charge is 2.43. The van der Waals surface area contributed by atoms with Crippen molar-refractivity contribution < 1.29 is 24.2 Å². The number of nitriles is 1. The highest BCUT2D eigenvalue weighted by molar-refractivity contribution is 6.06. The van der Waals surface area contributed by atoms with Gasteiger partial charge in [0.1, 0.15) is 17.3 Å². The Morgan fingerprint density at radius 1 is 1.15 bits per heavy atom. The SMILES string of the molecule is COC(=O)C1=C(C(=O)OC)N(c2ccc(O)c3c2CCCN3)C(N)=C(C#N)C1c1ccccc1. The van der Waals surface area contributed by atoms with E-state index >= 15 is 0 Å². The summed E-state index contributed by atoms with van der Waals surface area (Å²) in [5.74, 6) is -2.49. The molecule has 0 saturated carbocycles. The number of carbonyl (C=O) groups excluding carboxylic acids is 2. The van der Waals surface area contributed by atoms with Gasteiger partial charge in [0.2, 0.25) is 0 Å². The van der Waals surface area contributed by atoms with Gasteiger partial charge in [-0.25, -0.2) is 9.59 Å². The summed E-state index contributed by atoms with van der Waals surface area (Å²) >= 11 is 0. The summed E-state index contributed by atoms with van der Waals surface area (Å²) in [6.07, 6.45) is 1.36. The number of ether oxygens (including phenoxy) is 2. The first-order valence-electron chi connectivity index (χ1n) is 10.7. The van der Waals surface area contributed by atoms with Crippen LogP contribution in [0.4, 0.5) is 11.4 Å². The first-order chi connectivity index (χ1) is 16.4. The first-order valence-corrected chi connectivity index (χ1v) is 10.7. The number of phenolic OH excluding ortho intramolecular Hbond substituents is 1. The zero-order chi connectivity index (χ0) is 24.4. The number of methoxy groups -OCH3 is 2. The molecule has 34 heavy (non-hydrogen) atoms. The number of nitrogens with zero attached hydrogens (tertiary/aromatic N) is 2. The lowest BCUT2D eigenvalue weighted by atomic mass is 9.80. The number of anilines is 2. The van der Waals surface area contributed by atoms with Crippen LogP contribution < -0.4 is 16.0 Å². The number of hydrogen-bond acceptors (Lipinski definition) is 9. The minimum atomic E-state index is -0.935. The van der Waals surface area contributed by atoms with Crippen LogP contribution in [0, 0.1) is 11.3 Å². The van der Waals surface area contributed by atoms with Crippen LogP contribution in [0.15, 0.2) is 65.1 Å². The van der Waals surface area contributed by atoms with Crippen molar-refractivity contribution in [3.8, 4) is 11.8 Å². The van der Waals surface area contributed by atoms with Crippen LogP contribution in [0.1, 0.15) is 23.5 Å². The van der Waals surface area contributed by atoms with Crippen molar-refractivity contribution in [2.24, 2.45) is 5.73 Å². The lowest BCUT2D eigenvalue weighted by molar-refractivity contribution is -0.139. The monoisotopic (exact) mass is 460 g/mol. The quantitative estimate of drug-likeness (QED) is 0.464. The van der Waals surface area contributed by atoms with Crippen LogP contribution in [-0.4, -0.2) is 37.8 Å². The average Bonchev–Trinajstić information content (AvgIpc) is 2.88. The molecule has 2 aromatic carbocycles. The van der Waals surface area contributed by atoms with Crippen molar-refractivity contribution >= 4 is 23.3 Å². The second kappa shape index (κ2) is 9.19. The van der Waals surface area contributed by atoms with Crippen molar-refractivity contribution in [3.05, 3.63) is 76.3 Å². The zero-order valence-electron chi connectivity index (χ0n) is 18.8. The van der Waals surface area contributed by atoms with E-state index in [1.165, 1.54) is 25.2 Å². The van der Waals surface area contributed by atoms with Gasteiger partial charge in [-0.05, 0) is 30.5 Å². The molecule has 9 heteroatoms. The van der Waals surface area contributed by atoms with Crippen LogP contribution in [-0.2, 0) is 25.5 Å². The van der Waals surface area contributed by atoms with Gasteiger partial charge >= 0.3 is 11.9 Å². The van der Waals surface area contributed by atoms with E-state index in [0.29, 0.717) is 35.5 Å². The van der Waals surface area contributed by atoms with E-state index in [1.54, 1.807) is 36.4 Å². The summed E-state index contributed by atoms with van der Waals surface area (Å²) in [5, 5.41) is 23.7. The fraction of sp³-hybridized carbons (Fsp3) is 0.240. The number of allylic oxidation sites excluding steroid dienone is 1. The summed E-state index contributed by atoms with van der Waals surface area (Å²) in [6.45, 7) is 0.669. The zero-order valence-corrected chi connectivity index (χ0v) is 18.8. The molecule has 174 valence electrons. The number of fused-ring (bicyclic) bond motifs is 1. The van der Waals surface area contributed by atoms with Crippen molar-refractivity contribution in [3.63, 3.8) is 0 Å². The number of carbonyl (C=O) groups is 2. The van der Waals surface area contributed by atoms with Crippen LogP contribution >= 0.6 is 0 Å². The molecule has 0 fully saturated rings. The molecule has 0 spiro atoms. The maximum absolute atomic E-state index is 13.2. The molecule has 2 heterocycles. The van der Waals surface area contributed by atoms with Gasteiger partial charge in [-0.2, -0.15) is 5.26 Å². The molecule has 9 nitrogen and oxygen atoms in total. The number of phenols is 1. The molecule has 2 aromatic rings. The fourth-order valence-corrected chi connectivity index (χ4v) is 4.53. The third-order valence-corrected chi connectivity index (χ3v) is 6.02. The first kappa shape index (κ1) is 22.7. The Morgan fingerprint density at radius 3 is 2.50 bits per heavy atom. The van der Waals surface area contributed by atoms with Gasteiger partial charge in [-0.1, -0.05) is 30.3 Å². The molecule has 0 aromatic heterocycles. The fourth-order valence-electron chi connectivity index (χ4n) is 4.53. The van der Waals surface area contributed by atoms with Crippen molar-refractivity contribution in [1.29, 1.82) is 5.26 Å². The van der Waals surface area contributed by atoms with Crippen LogP contribution in [0.3, 0.4) is 0 Å².